The van der Waals surface area contributed by atoms with Gasteiger partial charge in [-0.25, -0.2) is 19.9 Å². The van der Waals surface area contributed by atoms with Crippen molar-refractivity contribution in [3.05, 3.63) is 213 Å². The molecular formula is C78H92Br4N20O4. The summed E-state index contributed by atoms with van der Waals surface area (Å²) in [5.74, 6) is 0.312. The van der Waals surface area contributed by atoms with E-state index in [1.54, 1.807) is 31.0 Å². The number of rotatable bonds is 23. The molecule has 4 fully saturated rings. The molecule has 2 saturated heterocycles. The van der Waals surface area contributed by atoms with Gasteiger partial charge < -0.3 is 62.1 Å². The topological polar surface area (TPSA) is 280 Å². The number of piperidine rings is 2. The minimum atomic E-state index is -0.221. The van der Waals surface area contributed by atoms with E-state index < -0.39 is 0 Å². The van der Waals surface area contributed by atoms with Crippen LogP contribution in [0.15, 0.2) is 190 Å². The lowest BCUT2D eigenvalue weighted by atomic mass is 9.85. The number of nitrogens with one attached hydrogen (secondary N) is 6. The average molecular weight is 1690 g/mol. The first kappa shape index (κ1) is 75.7. The minimum absolute atomic E-state index is 0.147. The van der Waals surface area contributed by atoms with Gasteiger partial charge in [0.05, 0.1) is 95.1 Å². The van der Waals surface area contributed by atoms with Crippen LogP contribution in [0.25, 0.3) is 22.6 Å². The number of imidazole rings is 4. The summed E-state index contributed by atoms with van der Waals surface area (Å²) >= 11 is 14.3. The summed E-state index contributed by atoms with van der Waals surface area (Å²) in [6, 6.07) is 25.3. The Labute approximate surface area is 650 Å². The molecule has 0 aromatic carbocycles. The molecule has 4 aliphatic rings. The fourth-order valence-electron chi connectivity index (χ4n) is 14.8. The standard InChI is InChI=1S/2C20H24BrN5O.2C19H22BrN5O/c21-19-13-24-20-18(23-12-15-4-3-7-22-11-15)10-17(14-26(19)20)25-8-2-1-5-16(25)6-9-27;21-19-11-24-20-18(23-10-14-4-3-7-22-9-14)8-16(12-26(19)20)25-17-6-2-1-5-15(17)13-27;20-18-11-23-19-17(22-10-14-4-3-6-21-9-14)8-16(12-25(18)19)24-7-2-1-5-15(24)13-26;20-17-11-23-18-16(22-10-14-4-3-7-21-9-14)8-15(12-25(17)18)24-19(13-26)5-1-2-6-19/h3-4,7,10-11,13-14,16,23,27H,1-2,5-6,8-9,12H2;3-4,7-9,11-12,15,17,23,25,27H,1-2,5-6,10,13H2;3-4,6,8-9,11-12,15,22,26H,1-2,5,7,10,13H2;3-4,7-9,11-12,22,24,26H,1-2,5-6,10,13H2/t;15-,17-;;/m.0../s1. The summed E-state index contributed by atoms with van der Waals surface area (Å²) in [5.41, 5.74) is 15.9. The molecule has 2 saturated carbocycles. The number of hydrogen-bond donors (Lipinski definition) is 10. The van der Waals surface area contributed by atoms with Crippen molar-refractivity contribution in [2.24, 2.45) is 5.92 Å². The molecule has 2 aliphatic heterocycles. The van der Waals surface area contributed by atoms with E-state index in [1.807, 2.05) is 93.1 Å². The van der Waals surface area contributed by atoms with Crippen molar-refractivity contribution in [1.82, 2.24) is 57.5 Å². The Morgan fingerprint density at radius 3 is 1.24 bits per heavy atom. The summed E-state index contributed by atoms with van der Waals surface area (Å²) in [6.07, 6.45) is 46.7. The molecule has 556 valence electrons. The highest BCUT2D eigenvalue weighted by molar-refractivity contribution is 9.11. The van der Waals surface area contributed by atoms with Crippen LogP contribution in [0.4, 0.5) is 45.5 Å². The van der Waals surface area contributed by atoms with Gasteiger partial charge in [0, 0.05) is 145 Å². The van der Waals surface area contributed by atoms with E-state index in [0.717, 1.165) is 186 Å². The molecule has 12 aromatic heterocycles. The third-order valence-electron chi connectivity index (χ3n) is 20.4. The summed E-state index contributed by atoms with van der Waals surface area (Å²) in [4.78, 5) is 39.5. The van der Waals surface area contributed by atoms with Gasteiger partial charge >= 0.3 is 0 Å². The number of anilines is 8. The minimum Gasteiger partial charge on any atom is -0.396 e. The Morgan fingerprint density at radius 2 is 0.821 bits per heavy atom. The molecule has 106 heavy (non-hydrogen) atoms. The molecule has 10 N–H and O–H groups in total. The van der Waals surface area contributed by atoms with Crippen molar-refractivity contribution in [1.29, 1.82) is 0 Å². The monoisotopic (exact) mass is 1690 g/mol. The van der Waals surface area contributed by atoms with Gasteiger partial charge in [-0.15, -0.1) is 0 Å². The normalized spacial score (nSPS) is 17.8. The number of aliphatic hydroxyl groups excluding tert-OH is 4. The van der Waals surface area contributed by atoms with E-state index in [2.05, 4.69) is 211 Å². The van der Waals surface area contributed by atoms with Crippen molar-refractivity contribution in [2.45, 2.75) is 146 Å². The Bertz CT molecular complexity index is 4760. The van der Waals surface area contributed by atoms with Gasteiger partial charge in [0.25, 0.3) is 0 Å². The fourth-order valence-corrected chi connectivity index (χ4v) is 16.3. The first-order valence-corrected chi connectivity index (χ1v) is 39.8. The van der Waals surface area contributed by atoms with Crippen LogP contribution in [-0.4, -0.2) is 141 Å². The van der Waals surface area contributed by atoms with Gasteiger partial charge in [0.2, 0.25) is 0 Å². The summed E-state index contributed by atoms with van der Waals surface area (Å²) in [6.45, 7) is 5.50. The zero-order valence-corrected chi connectivity index (χ0v) is 65.6. The number of halogens is 4. The molecule has 2 unspecified atom stereocenters. The molecular weight excluding hydrogens is 1600 g/mol. The van der Waals surface area contributed by atoms with Gasteiger partial charge in [0.15, 0.2) is 22.6 Å². The van der Waals surface area contributed by atoms with Crippen molar-refractivity contribution < 1.29 is 20.4 Å². The molecule has 16 rings (SSSR count). The largest absolute Gasteiger partial charge is 0.396 e. The third-order valence-corrected chi connectivity index (χ3v) is 22.7. The van der Waals surface area contributed by atoms with Crippen molar-refractivity contribution in [3.63, 3.8) is 0 Å². The molecule has 28 heteroatoms. The highest BCUT2D eigenvalue weighted by Gasteiger charge is 2.34. The number of hydrogen-bond acceptors (Lipinski definition) is 20. The lowest BCUT2D eigenvalue weighted by Gasteiger charge is -2.37. The van der Waals surface area contributed by atoms with Crippen LogP contribution in [0.1, 0.15) is 119 Å². The smallest absolute Gasteiger partial charge is 0.161 e. The zero-order chi connectivity index (χ0) is 73.2. The van der Waals surface area contributed by atoms with Gasteiger partial charge in [-0.1, -0.05) is 49.9 Å². The zero-order valence-electron chi connectivity index (χ0n) is 59.2. The van der Waals surface area contributed by atoms with Gasteiger partial charge in [-0.05, 0) is 205 Å². The number of aliphatic hydroxyl groups is 4. The molecule has 14 heterocycles. The van der Waals surface area contributed by atoms with Crippen molar-refractivity contribution in [2.75, 3.05) is 81.2 Å². The van der Waals surface area contributed by atoms with E-state index in [9.17, 15) is 20.4 Å². The second-order valence-electron chi connectivity index (χ2n) is 27.6. The maximum atomic E-state index is 9.91. The second-order valence-corrected chi connectivity index (χ2v) is 30.8. The maximum Gasteiger partial charge on any atom is 0.161 e. The van der Waals surface area contributed by atoms with Crippen LogP contribution < -0.4 is 41.7 Å². The van der Waals surface area contributed by atoms with E-state index in [4.69, 9.17) is 0 Å². The second kappa shape index (κ2) is 36.9. The van der Waals surface area contributed by atoms with Crippen LogP contribution in [-0.2, 0) is 26.2 Å². The molecule has 4 atom stereocenters. The molecule has 0 bridgehead atoms. The predicted molar refractivity (Wildman–Crippen MR) is 435 cm³/mol. The highest BCUT2D eigenvalue weighted by atomic mass is 79.9. The lowest BCUT2D eigenvalue weighted by Crippen LogP contribution is -2.42. The number of aromatic nitrogens is 12. The Kier molecular flexibility index (Phi) is 26.4. The first-order chi connectivity index (χ1) is 51.9. The molecule has 12 aromatic rings. The van der Waals surface area contributed by atoms with Crippen molar-refractivity contribution >= 4 is 132 Å². The predicted octanol–water partition coefficient (Wildman–Crippen LogP) is 15.2. The fraction of sp³-hybridized carbons (Fsp3) is 0.385. The Balaban J connectivity index is 0.000000125. The average Bonchev–Trinajstić information content (AvgIpc) is 1.59. The highest BCUT2D eigenvalue weighted by Crippen LogP contribution is 2.38. The number of fused-ring (bicyclic) bond motifs is 4. The van der Waals surface area contributed by atoms with E-state index in [1.165, 1.54) is 32.1 Å². The maximum absolute atomic E-state index is 9.91. The van der Waals surface area contributed by atoms with E-state index in [0.29, 0.717) is 44.2 Å². The molecule has 2 aliphatic carbocycles. The first-order valence-electron chi connectivity index (χ1n) is 36.6. The Hall–Kier alpha value is -8.48. The molecule has 0 amide bonds. The third kappa shape index (κ3) is 18.9. The quantitative estimate of drug-likeness (QED) is 0.0285. The van der Waals surface area contributed by atoms with Gasteiger partial charge in [-0.3, -0.25) is 37.5 Å². The Morgan fingerprint density at radius 1 is 0.425 bits per heavy atom. The van der Waals surface area contributed by atoms with Crippen LogP contribution in [0.2, 0.25) is 0 Å². The van der Waals surface area contributed by atoms with E-state index in [-0.39, 0.29) is 38.0 Å². The van der Waals surface area contributed by atoms with Crippen LogP contribution >= 0.6 is 63.7 Å². The van der Waals surface area contributed by atoms with Crippen LogP contribution in [0, 0.1) is 5.92 Å². The van der Waals surface area contributed by atoms with Crippen LogP contribution in [0.5, 0.6) is 0 Å². The SMILES string of the molecule is OCC1(Nc2cc(NCc3cccnc3)c3ncc(Br)n3c2)CCCC1.OCC1CCCCN1c1cc(NCc2cccnc2)c2ncc(Br)n2c1.OCCC1CCCCN1c1cc(NCc2cccnc2)c2ncc(Br)n2c1.OC[C@@H]1CCCC[C@@H]1Nc1cc(NCc2cccnc2)c2ncc(Br)n2c1. The van der Waals surface area contributed by atoms with Crippen LogP contribution in [0.3, 0.4) is 0 Å². The lowest BCUT2D eigenvalue weighted by molar-refractivity contribution is 0.178. The molecule has 0 radical (unpaired) electrons. The number of pyridine rings is 8. The van der Waals surface area contributed by atoms with E-state index >= 15 is 0 Å². The number of nitrogens with zero attached hydrogens (tertiary/aromatic N) is 14. The molecule has 0 spiro atoms. The summed E-state index contributed by atoms with van der Waals surface area (Å²) < 4.78 is 11.8. The summed E-state index contributed by atoms with van der Waals surface area (Å²) in [7, 11) is 0. The van der Waals surface area contributed by atoms with Crippen molar-refractivity contribution in [3.8, 4) is 0 Å². The molecule has 24 nitrogen and oxygen atoms in total. The summed E-state index contributed by atoms with van der Waals surface area (Å²) in [5, 5.41) is 60.1. The van der Waals surface area contributed by atoms with Gasteiger partial charge in [0.1, 0.15) is 18.4 Å². The van der Waals surface area contributed by atoms with Gasteiger partial charge in [-0.2, -0.15) is 0 Å².